The second-order valence-electron chi connectivity index (χ2n) is 4.39. The summed E-state index contributed by atoms with van der Waals surface area (Å²) in [7, 11) is 1.82. The van der Waals surface area contributed by atoms with Crippen LogP contribution in [-0.2, 0) is 29.6 Å². The lowest BCUT2D eigenvalue weighted by Gasteiger charge is -2.04. The molecule has 0 atom stereocenters. The minimum absolute atomic E-state index is 0.219. The van der Waals surface area contributed by atoms with Crippen LogP contribution in [0.3, 0.4) is 0 Å². The van der Waals surface area contributed by atoms with Gasteiger partial charge in [0.05, 0.1) is 5.69 Å². The smallest absolute Gasteiger partial charge is 0.306 e. The molecule has 5 nitrogen and oxygen atoms in total. The molecule has 0 bridgehead atoms. The Morgan fingerprint density at radius 1 is 1.42 bits per heavy atom. The molecule has 2 rings (SSSR count). The van der Waals surface area contributed by atoms with Crippen LogP contribution < -0.4 is 5.73 Å². The van der Waals surface area contributed by atoms with Crippen molar-refractivity contribution in [2.24, 2.45) is 7.05 Å². The summed E-state index contributed by atoms with van der Waals surface area (Å²) in [5, 5.41) is 4.14. The molecule has 100 valence electrons. The molecular formula is C14H17N3O2. The van der Waals surface area contributed by atoms with Crippen molar-refractivity contribution in [2.75, 3.05) is 5.73 Å². The minimum Gasteiger partial charge on any atom is -0.459 e. The molecule has 1 aromatic heterocycles. The lowest BCUT2D eigenvalue weighted by molar-refractivity contribution is -0.145. The van der Waals surface area contributed by atoms with E-state index in [-0.39, 0.29) is 12.6 Å². The molecule has 0 saturated heterocycles. The summed E-state index contributed by atoms with van der Waals surface area (Å²) in [6.45, 7) is 0.219. The number of hydrogen-bond donors (Lipinski definition) is 1. The zero-order valence-corrected chi connectivity index (χ0v) is 10.9. The average molecular weight is 259 g/mol. The number of nitrogens with zero attached hydrogens (tertiary/aromatic N) is 2. The number of ether oxygens (including phenoxy) is 1. The maximum Gasteiger partial charge on any atom is 0.306 e. The highest BCUT2D eigenvalue weighted by molar-refractivity contribution is 5.69. The van der Waals surface area contributed by atoms with Crippen molar-refractivity contribution in [3.63, 3.8) is 0 Å². The largest absolute Gasteiger partial charge is 0.459 e. The molecule has 0 amide bonds. The highest BCUT2D eigenvalue weighted by Crippen LogP contribution is 2.09. The number of nitrogen functional groups attached to an aromatic ring is 1. The first-order valence-corrected chi connectivity index (χ1v) is 6.12. The molecule has 0 saturated carbocycles. The van der Waals surface area contributed by atoms with Crippen LogP contribution in [0.5, 0.6) is 0 Å². The first kappa shape index (κ1) is 13.1. The van der Waals surface area contributed by atoms with Crippen molar-refractivity contribution in [3.8, 4) is 0 Å². The van der Waals surface area contributed by atoms with Crippen LogP contribution in [0.4, 0.5) is 5.69 Å². The van der Waals surface area contributed by atoms with E-state index in [2.05, 4.69) is 5.10 Å². The van der Waals surface area contributed by atoms with Crippen LogP contribution >= 0.6 is 0 Å². The van der Waals surface area contributed by atoms with Crippen LogP contribution in [0.15, 0.2) is 36.5 Å². The number of rotatable bonds is 5. The summed E-state index contributed by atoms with van der Waals surface area (Å²) < 4.78 is 6.82. The Morgan fingerprint density at radius 3 is 2.95 bits per heavy atom. The van der Waals surface area contributed by atoms with Gasteiger partial charge in [-0.15, -0.1) is 0 Å². The lowest BCUT2D eigenvalue weighted by atomic mass is 10.1. The molecule has 5 heteroatoms. The Bertz CT molecular complexity index is 563. The van der Waals surface area contributed by atoms with Gasteiger partial charge >= 0.3 is 5.97 Å². The number of carbonyl (C=O) groups is 1. The van der Waals surface area contributed by atoms with Crippen molar-refractivity contribution in [1.82, 2.24) is 9.78 Å². The normalized spacial score (nSPS) is 10.4. The topological polar surface area (TPSA) is 70.1 Å². The SMILES string of the molecule is Cn1ccc(COC(=O)CCc2cccc(N)c2)n1. The van der Waals surface area contributed by atoms with E-state index in [1.165, 1.54) is 0 Å². The molecular weight excluding hydrogens is 242 g/mol. The summed E-state index contributed by atoms with van der Waals surface area (Å²) in [6, 6.07) is 9.34. The van der Waals surface area contributed by atoms with Crippen molar-refractivity contribution in [2.45, 2.75) is 19.4 Å². The number of hydrogen-bond acceptors (Lipinski definition) is 4. The first-order chi connectivity index (χ1) is 9.13. The second-order valence-corrected chi connectivity index (χ2v) is 4.39. The van der Waals surface area contributed by atoms with Gasteiger partial charge in [0.2, 0.25) is 0 Å². The molecule has 0 aliphatic heterocycles. The number of aromatic nitrogens is 2. The van der Waals surface area contributed by atoms with Gasteiger partial charge < -0.3 is 10.5 Å². The molecule has 1 heterocycles. The van der Waals surface area contributed by atoms with Gasteiger partial charge in [0.1, 0.15) is 6.61 Å². The molecule has 0 radical (unpaired) electrons. The maximum absolute atomic E-state index is 11.6. The first-order valence-electron chi connectivity index (χ1n) is 6.12. The molecule has 0 fully saturated rings. The Hall–Kier alpha value is -2.30. The van der Waals surface area contributed by atoms with Crippen LogP contribution in [0.1, 0.15) is 17.7 Å². The zero-order chi connectivity index (χ0) is 13.7. The Balaban J connectivity index is 1.75. The molecule has 2 N–H and O–H groups in total. The van der Waals surface area contributed by atoms with Gasteiger partial charge in [0, 0.05) is 25.4 Å². The molecule has 19 heavy (non-hydrogen) atoms. The Labute approximate surface area is 112 Å². The standard InChI is InChI=1S/C14H17N3O2/c1-17-8-7-13(16-17)10-19-14(18)6-5-11-3-2-4-12(15)9-11/h2-4,7-9H,5-6,10,15H2,1H3. The van der Waals surface area contributed by atoms with E-state index < -0.39 is 0 Å². The lowest BCUT2D eigenvalue weighted by Crippen LogP contribution is -2.06. The van der Waals surface area contributed by atoms with E-state index in [0.717, 1.165) is 11.3 Å². The van der Waals surface area contributed by atoms with Gasteiger partial charge in [0.15, 0.2) is 0 Å². The number of aryl methyl sites for hydroxylation is 2. The third-order valence-electron chi connectivity index (χ3n) is 2.72. The fourth-order valence-corrected chi connectivity index (χ4v) is 1.76. The van der Waals surface area contributed by atoms with E-state index in [9.17, 15) is 4.79 Å². The third kappa shape index (κ3) is 4.13. The van der Waals surface area contributed by atoms with Gasteiger partial charge in [0.25, 0.3) is 0 Å². The fourth-order valence-electron chi connectivity index (χ4n) is 1.76. The van der Waals surface area contributed by atoms with E-state index in [0.29, 0.717) is 18.5 Å². The summed E-state index contributed by atoms with van der Waals surface area (Å²) in [5.74, 6) is -0.229. The molecule has 0 aliphatic rings. The van der Waals surface area contributed by atoms with Gasteiger partial charge in [-0.2, -0.15) is 5.10 Å². The number of esters is 1. The van der Waals surface area contributed by atoms with Crippen molar-refractivity contribution >= 4 is 11.7 Å². The summed E-state index contributed by atoms with van der Waals surface area (Å²) in [4.78, 5) is 11.6. The van der Waals surface area contributed by atoms with E-state index in [4.69, 9.17) is 10.5 Å². The van der Waals surface area contributed by atoms with Crippen LogP contribution in [0.2, 0.25) is 0 Å². The summed E-state index contributed by atoms with van der Waals surface area (Å²) in [5.41, 5.74) is 8.17. The summed E-state index contributed by atoms with van der Waals surface area (Å²) in [6.07, 6.45) is 2.79. The monoisotopic (exact) mass is 259 g/mol. The van der Waals surface area contributed by atoms with E-state index in [1.54, 1.807) is 4.68 Å². The number of nitrogens with two attached hydrogens (primary N) is 1. The van der Waals surface area contributed by atoms with Crippen LogP contribution in [-0.4, -0.2) is 15.7 Å². The third-order valence-corrected chi connectivity index (χ3v) is 2.72. The zero-order valence-electron chi connectivity index (χ0n) is 10.9. The van der Waals surface area contributed by atoms with Crippen molar-refractivity contribution in [3.05, 3.63) is 47.8 Å². The van der Waals surface area contributed by atoms with Crippen molar-refractivity contribution < 1.29 is 9.53 Å². The van der Waals surface area contributed by atoms with Gasteiger partial charge in [-0.25, -0.2) is 0 Å². The predicted molar refractivity (Wildman–Crippen MR) is 72.2 cm³/mol. The molecule has 1 aromatic carbocycles. The Morgan fingerprint density at radius 2 is 2.26 bits per heavy atom. The van der Waals surface area contributed by atoms with Crippen molar-refractivity contribution in [1.29, 1.82) is 0 Å². The fraction of sp³-hybridized carbons (Fsp3) is 0.286. The van der Waals surface area contributed by atoms with E-state index >= 15 is 0 Å². The van der Waals surface area contributed by atoms with Gasteiger partial charge in [-0.1, -0.05) is 12.1 Å². The quantitative estimate of drug-likeness (QED) is 0.655. The van der Waals surface area contributed by atoms with Gasteiger partial charge in [-0.05, 0) is 30.2 Å². The molecule has 0 unspecified atom stereocenters. The second kappa shape index (κ2) is 6.04. The maximum atomic E-state index is 11.6. The van der Waals surface area contributed by atoms with Crippen LogP contribution in [0.25, 0.3) is 0 Å². The number of benzene rings is 1. The highest BCUT2D eigenvalue weighted by Gasteiger charge is 2.05. The van der Waals surface area contributed by atoms with E-state index in [1.807, 2.05) is 43.6 Å². The average Bonchev–Trinajstić information content (AvgIpc) is 2.80. The Kier molecular flexibility index (Phi) is 4.18. The van der Waals surface area contributed by atoms with Crippen LogP contribution in [0, 0.1) is 0 Å². The molecule has 2 aromatic rings. The molecule has 0 spiro atoms. The van der Waals surface area contributed by atoms with Gasteiger partial charge in [-0.3, -0.25) is 9.48 Å². The summed E-state index contributed by atoms with van der Waals surface area (Å²) >= 11 is 0. The number of carbonyl (C=O) groups excluding carboxylic acids is 1. The molecule has 0 aliphatic carbocycles. The number of anilines is 1. The highest BCUT2D eigenvalue weighted by atomic mass is 16.5. The minimum atomic E-state index is -0.229. The predicted octanol–water partition coefficient (Wildman–Crippen LogP) is 1.68.